The maximum atomic E-state index is 13.1. The molecule has 0 aliphatic heterocycles. The van der Waals surface area contributed by atoms with Crippen LogP contribution in [-0.2, 0) is 6.54 Å². The smallest absolute Gasteiger partial charge is 0.347 e. The van der Waals surface area contributed by atoms with E-state index in [0.717, 1.165) is 5.56 Å². The number of aromatic nitrogens is 2. The van der Waals surface area contributed by atoms with Crippen LogP contribution in [0.5, 0.6) is 0 Å². The van der Waals surface area contributed by atoms with Crippen molar-refractivity contribution in [1.29, 1.82) is 5.26 Å². The largest absolute Gasteiger partial charge is 0.355 e. The van der Waals surface area contributed by atoms with Crippen molar-refractivity contribution in [2.75, 3.05) is 11.9 Å². The van der Waals surface area contributed by atoms with Gasteiger partial charge >= 0.3 is 5.69 Å². The van der Waals surface area contributed by atoms with Crippen LogP contribution < -0.4 is 10.6 Å². The van der Waals surface area contributed by atoms with Gasteiger partial charge in [-0.25, -0.2) is 9.18 Å². The number of halogens is 1. The lowest BCUT2D eigenvalue weighted by Gasteiger charge is -2.17. The zero-order valence-corrected chi connectivity index (χ0v) is 10.2. The van der Waals surface area contributed by atoms with E-state index in [-0.39, 0.29) is 11.5 Å². The second-order valence-corrected chi connectivity index (χ2v) is 4.06. The number of rotatable bonds is 3. The Morgan fingerprint density at radius 1 is 1.47 bits per heavy atom. The first-order valence-corrected chi connectivity index (χ1v) is 5.55. The summed E-state index contributed by atoms with van der Waals surface area (Å²) in [6, 6.07) is 9.49. The van der Waals surface area contributed by atoms with Crippen molar-refractivity contribution in [3.63, 3.8) is 0 Å². The van der Waals surface area contributed by atoms with Gasteiger partial charge < -0.3 is 4.90 Å². The number of hydrogen-bond donors (Lipinski definition) is 1. The molecule has 0 unspecified atom stereocenters. The lowest BCUT2D eigenvalue weighted by Crippen LogP contribution is -2.22. The second kappa shape index (κ2) is 5.31. The van der Waals surface area contributed by atoms with Gasteiger partial charge in [0.05, 0.1) is 0 Å². The molecule has 0 bridgehead atoms. The van der Waals surface area contributed by atoms with E-state index in [9.17, 15) is 9.18 Å². The fraction of sp³-hybridized carbons (Fsp3) is 0.154. The Hall–Kier alpha value is -2.68. The van der Waals surface area contributed by atoms with Crippen LogP contribution in [0.1, 0.15) is 11.3 Å². The fourth-order valence-corrected chi connectivity index (χ4v) is 1.69. The molecule has 0 atom stereocenters. The lowest BCUT2D eigenvalue weighted by atomic mass is 10.2. The van der Waals surface area contributed by atoms with Gasteiger partial charge in [-0.05, 0) is 17.7 Å². The van der Waals surface area contributed by atoms with Gasteiger partial charge in [0.15, 0.2) is 0 Å². The Bertz CT molecular complexity index is 690. The fourth-order valence-electron chi connectivity index (χ4n) is 1.69. The molecule has 96 valence electrons. The van der Waals surface area contributed by atoms with E-state index in [1.165, 1.54) is 18.2 Å². The predicted octanol–water partition coefficient (Wildman–Crippen LogP) is 1.42. The molecular formula is C13H11FN4O. The first-order chi connectivity index (χ1) is 9.08. The van der Waals surface area contributed by atoms with Gasteiger partial charge in [0.1, 0.15) is 23.4 Å². The molecule has 19 heavy (non-hydrogen) atoms. The molecule has 6 heteroatoms. The lowest BCUT2D eigenvalue weighted by molar-refractivity contribution is 0.625. The van der Waals surface area contributed by atoms with Crippen LogP contribution in [0.3, 0.4) is 0 Å². The molecule has 0 aliphatic rings. The predicted molar refractivity (Wildman–Crippen MR) is 68.1 cm³/mol. The molecule has 0 spiro atoms. The Kier molecular flexibility index (Phi) is 3.57. The van der Waals surface area contributed by atoms with Crippen LogP contribution >= 0.6 is 0 Å². The van der Waals surface area contributed by atoms with Gasteiger partial charge in [-0.3, -0.25) is 4.98 Å². The van der Waals surface area contributed by atoms with Crippen molar-refractivity contribution in [2.24, 2.45) is 0 Å². The Labute approximate surface area is 109 Å². The van der Waals surface area contributed by atoms with Crippen molar-refractivity contribution in [2.45, 2.75) is 6.54 Å². The molecule has 2 rings (SSSR count). The number of hydrogen-bond acceptors (Lipinski definition) is 4. The SMILES string of the molecule is CN(Cc1cccc(F)c1)c1cc(C#N)[nH]c(=O)n1. The number of anilines is 1. The molecule has 1 N–H and O–H groups in total. The van der Waals surface area contributed by atoms with Crippen LogP contribution in [0.25, 0.3) is 0 Å². The minimum atomic E-state index is -0.583. The highest BCUT2D eigenvalue weighted by Gasteiger charge is 2.07. The van der Waals surface area contributed by atoms with Crippen molar-refractivity contribution in [3.05, 3.63) is 57.9 Å². The maximum Gasteiger partial charge on any atom is 0.347 e. The third kappa shape index (κ3) is 3.16. The van der Waals surface area contributed by atoms with Crippen molar-refractivity contribution in [1.82, 2.24) is 9.97 Å². The molecule has 0 saturated carbocycles. The summed E-state index contributed by atoms with van der Waals surface area (Å²) in [5, 5.41) is 8.78. The van der Waals surface area contributed by atoms with E-state index in [1.807, 2.05) is 6.07 Å². The van der Waals surface area contributed by atoms with Crippen LogP contribution in [0.4, 0.5) is 10.2 Å². The minimum Gasteiger partial charge on any atom is -0.355 e. The third-order valence-electron chi connectivity index (χ3n) is 2.55. The van der Waals surface area contributed by atoms with E-state index in [2.05, 4.69) is 9.97 Å². The van der Waals surface area contributed by atoms with E-state index < -0.39 is 5.69 Å². The number of nitriles is 1. The summed E-state index contributed by atoms with van der Waals surface area (Å²) in [7, 11) is 1.72. The molecule has 0 aliphatic carbocycles. The molecular weight excluding hydrogens is 247 g/mol. The average molecular weight is 258 g/mol. The third-order valence-corrected chi connectivity index (χ3v) is 2.55. The summed E-state index contributed by atoms with van der Waals surface area (Å²) in [4.78, 5) is 19.0. The highest BCUT2D eigenvalue weighted by Crippen LogP contribution is 2.12. The zero-order chi connectivity index (χ0) is 13.8. The van der Waals surface area contributed by atoms with Crippen LogP contribution in [0, 0.1) is 17.1 Å². The topological polar surface area (TPSA) is 72.8 Å². The zero-order valence-electron chi connectivity index (χ0n) is 10.2. The summed E-state index contributed by atoms with van der Waals surface area (Å²) in [6.45, 7) is 0.388. The highest BCUT2D eigenvalue weighted by atomic mass is 19.1. The van der Waals surface area contributed by atoms with Crippen molar-refractivity contribution in [3.8, 4) is 6.07 Å². The van der Waals surface area contributed by atoms with Gasteiger partial charge in [-0.2, -0.15) is 10.2 Å². The summed E-state index contributed by atoms with van der Waals surface area (Å²) in [6.07, 6.45) is 0. The summed E-state index contributed by atoms with van der Waals surface area (Å²) in [5.41, 5.74) is 0.310. The Morgan fingerprint density at radius 3 is 2.95 bits per heavy atom. The van der Waals surface area contributed by atoms with E-state index in [4.69, 9.17) is 5.26 Å². The Morgan fingerprint density at radius 2 is 2.26 bits per heavy atom. The summed E-state index contributed by atoms with van der Waals surface area (Å²) in [5.74, 6) is 0.0482. The minimum absolute atomic E-state index is 0.140. The van der Waals surface area contributed by atoms with Gasteiger partial charge in [-0.15, -0.1) is 0 Å². The monoisotopic (exact) mass is 258 g/mol. The van der Waals surface area contributed by atoms with E-state index in [1.54, 1.807) is 24.1 Å². The number of aromatic amines is 1. The van der Waals surface area contributed by atoms with Crippen molar-refractivity contribution >= 4 is 5.82 Å². The number of nitrogens with one attached hydrogen (secondary N) is 1. The van der Waals surface area contributed by atoms with Gasteiger partial charge in [0.25, 0.3) is 0 Å². The van der Waals surface area contributed by atoms with Crippen LogP contribution in [0.15, 0.2) is 35.1 Å². The molecule has 0 radical (unpaired) electrons. The summed E-state index contributed by atoms with van der Waals surface area (Å²) < 4.78 is 13.1. The molecule has 0 fully saturated rings. The number of H-pyrrole nitrogens is 1. The van der Waals surface area contributed by atoms with E-state index >= 15 is 0 Å². The molecule has 1 heterocycles. The first-order valence-electron chi connectivity index (χ1n) is 5.55. The van der Waals surface area contributed by atoms with Gasteiger partial charge in [0.2, 0.25) is 0 Å². The highest BCUT2D eigenvalue weighted by molar-refractivity contribution is 5.41. The molecule has 0 saturated heterocycles. The number of nitrogens with zero attached hydrogens (tertiary/aromatic N) is 3. The molecule has 5 nitrogen and oxygen atoms in total. The van der Waals surface area contributed by atoms with Crippen molar-refractivity contribution < 1.29 is 4.39 Å². The quantitative estimate of drug-likeness (QED) is 0.903. The molecule has 1 aromatic carbocycles. The molecule has 0 amide bonds. The number of benzene rings is 1. The normalized spacial score (nSPS) is 9.95. The average Bonchev–Trinajstić information content (AvgIpc) is 2.38. The standard InChI is InChI=1S/C13H11FN4O/c1-18(8-9-3-2-4-10(14)5-9)12-6-11(7-15)16-13(19)17-12/h2-6H,8H2,1H3,(H,16,17,19). The van der Waals surface area contributed by atoms with Crippen LogP contribution in [-0.4, -0.2) is 17.0 Å². The Balaban J connectivity index is 2.25. The first kappa shape index (κ1) is 12.8. The second-order valence-electron chi connectivity index (χ2n) is 4.06. The maximum absolute atomic E-state index is 13.1. The van der Waals surface area contributed by atoms with E-state index in [0.29, 0.717) is 12.4 Å². The van der Waals surface area contributed by atoms with Gasteiger partial charge in [0, 0.05) is 19.7 Å². The van der Waals surface area contributed by atoms with Crippen LogP contribution in [0.2, 0.25) is 0 Å². The summed E-state index contributed by atoms with van der Waals surface area (Å²) >= 11 is 0. The molecule has 2 aromatic rings. The van der Waals surface area contributed by atoms with Gasteiger partial charge in [-0.1, -0.05) is 12.1 Å². The molecule has 1 aromatic heterocycles.